The van der Waals surface area contributed by atoms with Crippen LogP contribution in [0.4, 0.5) is 5.69 Å². The topological polar surface area (TPSA) is 95.1 Å². The number of sulfonamides is 1. The van der Waals surface area contributed by atoms with Crippen LogP contribution in [0.2, 0.25) is 10.0 Å². The molecule has 0 spiro atoms. The minimum Gasteiger partial charge on any atom is -0.392 e. The van der Waals surface area contributed by atoms with Crippen molar-refractivity contribution in [2.75, 3.05) is 4.72 Å². The van der Waals surface area contributed by atoms with E-state index in [1.54, 1.807) is 6.92 Å². The summed E-state index contributed by atoms with van der Waals surface area (Å²) in [5, 5.41) is 15.7. The molecule has 1 aromatic heterocycles. The van der Waals surface area contributed by atoms with Gasteiger partial charge >= 0.3 is 0 Å². The number of rotatable bonds is 4. The number of hydrogen-bond acceptors (Lipinski definition) is 4. The molecule has 20 heavy (non-hydrogen) atoms. The highest BCUT2D eigenvalue weighted by atomic mass is 35.5. The second-order valence-electron chi connectivity index (χ2n) is 4.02. The van der Waals surface area contributed by atoms with E-state index in [1.165, 1.54) is 18.2 Å². The van der Waals surface area contributed by atoms with Crippen molar-refractivity contribution in [3.63, 3.8) is 0 Å². The van der Waals surface area contributed by atoms with E-state index >= 15 is 0 Å². The number of hydrogen-bond donors (Lipinski definition) is 3. The van der Waals surface area contributed by atoms with Crippen LogP contribution in [0, 0.1) is 6.92 Å². The van der Waals surface area contributed by atoms with Gasteiger partial charge in [-0.3, -0.25) is 9.82 Å². The van der Waals surface area contributed by atoms with Crippen molar-refractivity contribution >= 4 is 38.9 Å². The Morgan fingerprint density at radius 2 is 2.05 bits per heavy atom. The highest BCUT2D eigenvalue weighted by Crippen LogP contribution is 2.27. The Labute approximate surface area is 125 Å². The van der Waals surface area contributed by atoms with Gasteiger partial charge in [0.2, 0.25) is 5.03 Å². The van der Waals surface area contributed by atoms with Gasteiger partial charge in [0.05, 0.1) is 22.3 Å². The van der Waals surface area contributed by atoms with E-state index in [0.717, 1.165) is 0 Å². The number of aryl methyl sites for hydroxylation is 1. The van der Waals surface area contributed by atoms with E-state index in [9.17, 15) is 13.5 Å². The average molecular weight is 336 g/mol. The van der Waals surface area contributed by atoms with Gasteiger partial charge in [0.15, 0.2) is 0 Å². The van der Waals surface area contributed by atoms with Crippen molar-refractivity contribution in [1.82, 2.24) is 10.2 Å². The molecule has 0 saturated heterocycles. The fourth-order valence-corrected chi connectivity index (χ4v) is 3.14. The predicted molar refractivity (Wildman–Crippen MR) is 76.5 cm³/mol. The maximum Gasteiger partial charge on any atom is 0.281 e. The lowest BCUT2D eigenvalue weighted by Gasteiger charge is -2.08. The van der Waals surface area contributed by atoms with Crippen molar-refractivity contribution in [1.29, 1.82) is 0 Å². The van der Waals surface area contributed by atoms with Gasteiger partial charge < -0.3 is 5.11 Å². The molecule has 108 valence electrons. The maximum atomic E-state index is 12.2. The number of nitrogens with one attached hydrogen (secondary N) is 2. The van der Waals surface area contributed by atoms with E-state index in [0.29, 0.717) is 10.7 Å². The van der Waals surface area contributed by atoms with Gasteiger partial charge in [0, 0.05) is 11.3 Å². The third kappa shape index (κ3) is 2.90. The third-order valence-electron chi connectivity index (χ3n) is 2.62. The summed E-state index contributed by atoms with van der Waals surface area (Å²) in [7, 11) is -3.92. The molecule has 1 heterocycles. The molecule has 2 rings (SSSR count). The summed E-state index contributed by atoms with van der Waals surface area (Å²) in [5.41, 5.74) is 0.962. The number of aliphatic hydroxyl groups excluding tert-OH is 1. The van der Waals surface area contributed by atoms with Crippen LogP contribution in [0.3, 0.4) is 0 Å². The number of aromatic nitrogens is 2. The van der Waals surface area contributed by atoms with Crippen LogP contribution >= 0.6 is 23.2 Å². The van der Waals surface area contributed by atoms with Crippen LogP contribution in [0.25, 0.3) is 0 Å². The fourth-order valence-electron chi connectivity index (χ4n) is 1.60. The number of H-pyrrole nitrogens is 1. The number of benzene rings is 1. The van der Waals surface area contributed by atoms with Crippen LogP contribution < -0.4 is 4.72 Å². The second kappa shape index (κ2) is 5.61. The Hall–Kier alpha value is -1.28. The van der Waals surface area contributed by atoms with Crippen molar-refractivity contribution < 1.29 is 13.5 Å². The van der Waals surface area contributed by atoms with Gasteiger partial charge in [-0.25, -0.2) is 0 Å². The van der Waals surface area contributed by atoms with Crippen LogP contribution in [0.15, 0.2) is 23.2 Å². The van der Waals surface area contributed by atoms with Gasteiger partial charge in [-0.2, -0.15) is 13.5 Å². The van der Waals surface area contributed by atoms with E-state index < -0.39 is 16.6 Å². The normalized spacial score (nSPS) is 11.6. The number of halogens is 2. The van der Waals surface area contributed by atoms with Crippen molar-refractivity contribution in [2.24, 2.45) is 0 Å². The molecule has 0 aliphatic rings. The first kappa shape index (κ1) is 15.1. The Morgan fingerprint density at radius 1 is 1.35 bits per heavy atom. The van der Waals surface area contributed by atoms with Gasteiger partial charge in [-0.15, -0.1) is 0 Å². The van der Waals surface area contributed by atoms with Crippen LogP contribution in [0.1, 0.15) is 11.3 Å². The minimum atomic E-state index is -3.92. The molecule has 0 saturated carbocycles. The minimum absolute atomic E-state index is 0.220. The fraction of sp³-hybridized carbons (Fsp3) is 0.182. The van der Waals surface area contributed by atoms with Crippen molar-refractivity contribution in [3.05, 3.63) is 39.5 Å². The molecule has 0 atom stereocenters. The zero-order chi connectivity index (χ0) is 14.9. The first-order chi connectivity index (χ1) is 9.35. The number of aromatic amines is 1. The molecule has 0 radical (unpaired) electrons. The average Bonchev–Trinajstić information content (AvgIpc) is 2.75. The van der Waals surface area contributed by atoms with Gasteiger partial charge in [-0.05, 0) is 25.1 Å². The molecule has 6 nitrogen and oxygen atoms in total. The molecule has 0 aliphatic carbocycles. The van der Waals surface area contributed by atoms with E-state index in [2.05, 4.69) is 14.9 Å². The summed E-state index contributed by atoms with van der Waals surface area (Å²) in [4.78, 5) is 0. The standard InChI is InChI=1S/C11H11Cl2N3O3S/c1-6-8(5-17)11(15-14-6)20(18,19)16-7-2-3-9(12)10(13)4-7/h2-4,16-17H,5H2,1H3,(H,14,15). The monoisotopic (exact) mass is 335 g/mol. The van der Waals surface area contributed by atoms with Crippen molar-refractivity contribution in [3.8, 4) is 0 Å². The Morgan fingerprint density at radius 3 is 2.65 bits per heavy atom. The largest absolute Gasteiger partial charge is 0.392 e. The van der Waals surface area contributed by atoms with Gasteiger partial charge in [-0.1, -0.05) is 23.2 Å². The van der Waals surface area contributed by atoms with Gasteiger partial charge in [0.25, 0.3) is 10.0 Å². The first-order valence-corrected chi connectivity index (χ1v) is 7.71. The molecule has 9 heteroatoms. The Bertz CT molecular complexity index is 743. The number of nitrogens with zero attached hydrogens (tertiary/aromatic N) is 1. The highest BCUT2D eigenvalue weighted by Gasteiger charge is 2.23. The second-order valence-corrected chi connectivity index (χ2v) is 6.44. The van der Waals surface area contributed by atoms with E-state index in [-0.39, 0.29) is 21.3 Å². The molecule has 1 aromatic carbocycles. The number of aliphatic hydroxyl groups is 1. The third-order valence-corrected chi connectivity index (χ3v) is 4.71. The van der Waals surface area contributed by atoms with Crippen LogP contribution in [0.5, 0.6) is 0 Å². The summed E-state index contributed by atoms with van der Waals surface area (Å²) >= 11 is 11.6. The predicted octanol–water partition coefficient (Wildman–Crippen LogP) is 2.32. The Kier molecular flexibility index (Phi) is 4.24. The quantitative estimate of drug-likeness (QED) is 0.798. The zero-order valence-corrected chi connectivity index (χ0v) is 12.6. The summed E-state index contributed by atoms with van der Waals surface area (Å²) in [6, 6.07) is 4.34. The lowest BCUT2D eigenvalue weighted by molar-refractivity contribution is 0.277. The summed E-state index contributed by atoms with van der Waals surface area (Å²) in [6.07, 6.45) is 0. The molecule has 0 fully saturated rings. The molecule has 0 amide bonds. The zero-order valence-electron chi connectivity index (χ0n) is 10.3. The molecule has 0 unspecified atom stereocenters. The van der Waals surface area contributed by atoms with Crippen molar-refractivity contribution in [2.45, 2.75) is 18.6 Å². The SMILES string of the molecule is Cc1[nH]nc(S(=O)(=O)Nc2ccc(Cl)c(Cl)c2)c1CO. The van der Waals surface area contributed by atoms with Crippen LogP contribution in [-0.4, -0.2) is 23.7 Å². The summed E-state index contributed by atoms with van der Waals surface area (Å²) in [5.74, 6) is 0. The molecular formula is C11H11Cl2N3O3S. The highest BCUT2D eigenvalue weighted by molar-refractivity contribution is 7.92. The lowest BCUT2D eigenvalue weighted by atomic mass is 10.3. The van der Waals surface area contributed by atoms with E-state index in [4.69, 9.17) is 23.2 Å². The van der Waals surface area contributed by atoms with Gasteiger partial charge in [0.1, 0.15) is 0 Å². The Balaban J connectivity index is 2.38. The molecule has 0 aliphatic heterocycles. The van der Waals surface area contributed by atoms with E-state index in [1.807, 2.05) is 0 Å². The molecule has 2 aromatic rings. The first-order valence-electron chi connectivity index (χ1n) is 5.47. The summed E-state index contributed by atoms with van der Waals surface area (Å²) < 4.78 is 26.7. The smallest absolute Gasteiger partial charge is 0.281 e. The molecule has 0 bridgehead atoms. The lowest BCUT2D eigenvalue weighted by Crippen LogP contribution is -2.15. The van der Waals surface area contributed by atoms with Crippen LogP contribution in [-0.2, 0) is 16.6 Å². The summed E-state index contributed by atoms with van der Waals surface area (Å²) in [6.45, 7) is 1.19. The molecule has 3 N–H and O–H groups in total. The molecular weight excluding hydrogens is 325 g/mol. The number of anilines is 1. The maximum absolute atomic E-state index is 12.2.